The molecule has 0 unspecified atom stereocenters. The smallest absolute Gasteiger partial charge is 0.253 e. The molecular weight excluding hydrogens is 412 g/mol. The van der Waals surface area contributed by atoms with E-state index in [2.05, 4.69) is 12.1 Å². The van der Waals surface area contributed by atoms with Crippen molar-refractivity contribution in [1.29, 1.82) is 0 Å². The standard InChI is InChI=1S/C28H30N2O3/c1-3-29(4-2)28(32)24-12-8-11-22(17-24)23-13-14-25-19-33-20-27(31)30(26(25)18-23)16-15-21-9-6-5-7-10-21/h5-14,17-18H,3-4,15-16,19-20H2,1-2H3. The molecule has 5 nitrogen and oxygen atoms in total. The van der Waals surface area contributed by atoms with Gasteiger partial charge in [0.2, 0.25) is 0 Å². The van der Waals surface area contributed by atoms with Crippen LogP contribution < -0.4 is 4.90 Å². The number of hydrogen-bond acceptors (Lipinski definition) is 3. The van der Waals surface area contributed by atoms with Crippen LogP contribution in [0.3, 0.4) is 0 Å². The maximum Gasteiger partial charge on any atom is 0.253 e. The van der Waals surface area contributed by atoms with Crippen LogP contribution >= 0.6 is 0 Å². The third kappa shape index (κ3) is 5.15. The van der Waals surface area contributed by atoms with Crippen LogP contribution in [0.2, 0.25) is 0 Å². The van der Waals surface area contributed by atoms with Crippen LogP contribution in [0.5, 0.6) is 0 Å². The Morgan fingerprint density at radius 1 is 0.909 bits per heavy atom. The molecule has 0 spiro atoms. The van der Waals surface area contributed by atoms with Gasteiger partial charge in [-0.15, -0.1) is 0 Å². The molecular formula is C28H30N2O3. The zero-order valence-electron chi connectivity index (χ0n) is 19.3. The lowest BCUT2D eigenvalue weighted by Gasteiger charge is -2.23. The highest BCUT2D eigenvalue weighted by Crippen LogP contribution is 2.31. The lowest BCUT2D eigenvalue weighted by atomic mass is 9.99. The molecule has 0 fully saturated rings. The van der Waals surface area contributed by atoms with Gasteiger partial charge in [-0.3, -0.25) is 9.59 Å². The van der Waals surface area contributed by atoms with Crippen molar-refractivity contribution in [1.82, 2.24) is 4.90 Å². The van der Waals surface area contributed by atoms with Gasteiger partial charge in [0.05, 0.1) is 6.61 Å². The highest BCUT2D eigenvalue weighted by Gasteiger charge is 2.23. The molecule has 1 heterocycles. The Bertz CT molecular complexity index is 1120. The van der Waals surface area contributed by atoms with Crippen molar-refractivity contribution in [3.8, 4) is 11.1 Å². The number of hydrogen-bond donors (Lipinski definition) is 0. The summed E-state index contributed by atoms with van der Waals surface area (Å²) in [5.74, 6) is -0.00281. The number of carbonyl (C=O) groups excluding carboxylic acids is 2. The molecule has 2 amide bonds. The molecule has 3 aromatic carbocycles. The van der Waals surface area contributed by atoms with Crippen molar-refractivity contribution < 1.29 is 14.3 Å². The zero-order chi connectivity index (χ0) is 23.2. The van der Waals surface area contributed by atoms with Crippen LogP contribution in [0.25, 0.3) is 11.1 Å². The number of amides is 2. The molecule has 4 rings (SSSR count). The molecule has 0 aromatic heterocycles. The SMILES string of the molecule is CCN(CC)C(=O)c1cccc(-c2ccc3c(c2)N(CCc2ccccc2)C(=O)COC3)c1. The first-order chi connectivity index (χ1) is 16.1. The third-order valence-electron chi connectivity index (χ3n) is 6.12. The van der Waals surface area contributed by atoms with E-state index in [1.165, 1.54) is 5.56 Å². The first-order valence-electron chi connectivity index (χ1n) is 11.6. The van der Waals surface area contributed by atoms with Gasteiger partial charge in [0.15, 0.2) is 0 Å². The maximum absolute atomic E-state index is 12.9. The monoisotopic (exact) mass is 442 g/mol. The normalized spacial score (nSPS) is 13.4. The molecule has 0 aliphatic carbocycles. The van der Waals surface area contributed by atoms with Crippen LogP contribution in [-0.2, 0) is 22.6 Å². The largest absolute Gasteiger partial charge is 0.367 e. The fraction of sp³-hybridized carbons (Fsp3) is 0.286. The summed E-state index contributed by atoms with van der Waals surface area (Å²) in [5.41, 5.74) is 5.67. The second kappa shape index (κ2) is 10.5. The maximum atomic E-state index is 12.9. The van der Waals surface area contributed by atoms with E-state index in [0.29, 0.717) is 31.8 Å². The molecule has 0 saturated heterocycles. The summed E-state index contributed by atoms with van der Waals surface area (Å²) in [6.45, 7) is 6.40. The van der Waals surface area contributed by atoms with Crippen LogP contribution in [-0.4, -0.2) is 43.0 Å². The van der Waals surface area contributed by atoms with E-state index in [9.17, 15) is 9.59 Å². The molecule has 0 atom stereocenters. The number of nitrogens with zero attached hydrogens (tertiary/aromatic N) is 2. The van der Waals surface area contributed by atoms with Crippen molar-refractivity contribution in [3.05, 3.63) is 89.5 Å². The Hall–Kier alpha value is -3.44. The average molecular weight is 443 g/mol. The molecule has 1 aliphatic heterocycles. The van der Waals surface area contributed by atoms with Gasteiger partial charge in [-0.2, -0.15) is 0 Å². The summed E-state index contributed by atoms with van der Waals surface area (Å²) in [6.07, 6.45) is 0.768. The van der Waals surface area contributed by atoms with E-state index < -0.39 is 0 Å². The predicted molar refractivity (Wildman–Crippen MR) is 131 cm³/mol. The van der Waals surface area contributed by atoms with Gasteiger partial charge in [-0.1, -0.05) is 54.6 Å². The van der Waals surface area contributed by atoms with Crippen molar-refractivity contribution in [2.75, 3.05) is 31.1 Å². The minimum Gasteiger partial charge on any atom is -0.367 e. The summed E-state index contributed by atoms with van der Waals surface area (Å²) < 4.78 is 5.62. The zero-order valence-corrected chi connectivity index (χ0v) is 19.3. The highest BCUT2D eigenvalue weighted by atomic mass is 16.5. The first kappa shape index (κ1) is 22.7. The van der Waals surface area contributed by atoms with Crippen LogP contribution in [0.1, 0.15) is 35.3 Å². The van der Waals surface area contributed by atoms with E-state index in [0.717, 1.165) is 28.8 Å². The Balaban J connectivity index is 1.65. The van der Waals surface area contributed by atoms with Gasteiger partial charge in [0.25, 0.3) is 11.8 Å². The van der Waals surface area contributed by atoms with Crippen LogP contribution in [0.4, 0.5) is 5.69 Å². The van der Waals surface area contributed by atoms with Gasteiger partial charge in [0, 0.05) is 36.4 Å². The lowest BCUT2D eigenvalue weighted by molar-refractivity contribution is -0.123. The van der Waals surface area contributed by atoms with E-state index in [4.69, 9.17) is 4.74 Å². The summed E-state index contributed by atoms with van der Waals surface area (Å²) in [4.78, 5) is 29.4. The number of rotatable bonds is 7. The molecule has 0 radical (unpaired) electrons. The fourth-order valence-electron chi connectivity index (χ4n) is 4.23. The fourth-order valence-corrected chi connectivity index (χ4v) is 4.23. The Morgan fingerprint density at radius 3 is 2.42 bits per heavy atom. The second-order valence-electron chi connectivity index (χ2n) is 8.18. The molecule has 170 valence electrons. The van der Waals surface area contributed by atoms with Gasteiger partial charge < -0.3 is 14.5 Å². The molecule has 0 bridgehead atoms. The van der Waals surface area contributed by atoms with E-state index >= 15 is 0 Å². The quantitative estimate of drug-likeness (QED) is 0.521. The molecule has 0 N–H and O–H groups in total. The molecule has 1 aliphatic rings. The molecule has 3 aromatic rings. The van der Waals surface area contributed by atoms with Crippen LogP contribution in [0, 0.1) is 0 Å². The summed E-state index contributed by atoms with van der Waals surface area (Å²) in [5, 5.41) is 0. The van der Waals surface area contributed by atoms with Crippen molar-refractivity contribution in [2.24, 2.45) is 0 Å². The first-order valence-corrected chi connectivity index (χ1v) is 11.6. The minimum absolute atomic E-state index is 0.0321. The van der Waals surface area contributed by atoms with Crippen molar-refractivity contribution >= 4 is 17.5 Å². The molecule has 5 heteroatoms. The average Bonchev–Trinajstić information content (AvgIpc) is 3.01. The van der Waals surface area contributed by atoms with Gasteiger partial charge in [-0.25, -0.2) is 0 Å². The Morgan fingerprint density at radius 2 is 1.67 bits per heavy atom. The Kier molecular flexibility index (Phi) is 7.20. The van der Waals surface area contributed by atoms with Crippen molar-refractivity contribution in [3.63, 3.8) is 0 Å². The van der Waals surface area contributed by atoms with E-state index in [1.54, 1.807) is 0 Å². The topological polar surface area (TPSA) is 49.9 Å². The Labute approximate surface area is 195 Å². The predicted octanol–water partition coefficient (Wildman–Crippen LogP) is 4.94. The van der Waals surface area contributed by atoms with Gasteiger partial charge in [0.1, 0.15) is 6.61 Å². The second-order valence-corrected chi connectivity index (χ2v) is 8.18. The van der Waals surface area contributed by atoms with E-state index in [-0.39, 0.29) is 18.4 Å². The number of anilines is 1. The lowest BCUT2D eigenvalue weighted by Crippen LogP contribution is -2.34. The number of ether oxygens (including phenoxy) is 1. The summed E-state index contributed by atoms with van der Waals surface area (Å²) in [6, 6.07) is 24.0. The van der Waals surface area contributed by atoms with E-state index in [1.807, 2.05) is 84.3 Å². The summed E-state index contributed by atoms with van der Waals surface area (Å²) in [7, 11) is 0. The number of benzene rings is 3. The minimum atomic E-state index is -0.0349. The summed E-state index contributed by atoms with van der Waals surface area (Å²) >= 11 is 0. The third-order valence-corrected chi connectivity index (χ3v) is 6.12. The van der Waals surface area contributed by atoms with Crippen LogP contribution in [0.15, 0.2) is 72.8 Å². The molecule has 33 heavy (non-hydrogen) atoms. The van der Waals surface area contributed by atoms with Gasteiger partial charge >= 0.3 is 0 Å². The number of fused-ring (bicyclic) bond motifs is 1. The highest BCUT2D eigenvalue weighted by molar-refractivity contribution is 5.97. The van der Waals surface area contributed by atoms with Crippen molar-refractivity contribution in [2.45, 2.75) is 26.9 Å². The number of carbonyl (C=O) groups is 2. The molecule has 0 saturated carbocycles. The van der Waals surface area contributed by atoms with Gasteiger partial charge in [-0.05, 0) is 55.2 Å².